The Morgan fingerprint density at radius 2 is 2.12 bits per heavy atom. The normalized spacial score (nSPS) is 28.3. The Morgan fingerprint density at radius 3 is 2.75 bits per heavy atom. The van der Waals surface area contributed by atoms with Gasteiger partial charge in [-0.05, 0) is 38.0 Å². The van der Waals surface area contributed by atoms with Gasteiger partial charge < -0.3 is 5.32 Å². The van der Waals surface area contributed by atoms with Gasteiger partial charge in [0, 0.05) is 18.4 Å². The van der Waals surface area contributed by atoms with Crippen LogP contribution in [0.2, 0.25) is 0 Å². The Kier molecular flexibility index (Phi) is 3.98. The van der Waals surface area contributed by atoms with Crippen molar-refractivity contribution in [3.05, 3.63) is 23.9 Å². The van der Waals surface area contributed by atoms with Crippen molar-refractivity contribution in [2.45, 2.75) is 50.5 Å². The SMILES string of the molecule is O=C(CC1C=CCC1)Nc1cc(C2CC2)nn1C1CCS(=O)(=O)C1. The molecule has 6 nitrogen and oxygen atoms in total. The fraction of sp³-hybridized carbons (Fsp3) is 0.647. The van der Waals surface area contributed by atoms with Crippen molar-refractivity contribution < 1.29 is 13.2 Å². The summed E-state index contributed by atoms with van der Waals surface area (Å²) in [6, 6.07) is 1.77. The van der Waals surface area contributed by atoms with Crippen LogP contribution in [-0.2, 0) is 14.6 Å². The summed E-state index contributed by atoms with van der Waals surface area (Å²) in [5, 5.41) is 7.61. The number of hydrogen-bond donors (Lipinski definition) is 1. The Morgan fingerprint density at radius 1 is 1.29 bits per heavy atom. The van der Waals surface area contributed by atoms with Crippen molar-refractivity contribution in [1.29, 1.82) is 0 Å². The molecule has 2 unspecified atom stereocenters. The van der Waals surface area contributed by atoms with Gasteiger partial charge in [-0.2, -0.15) is 5.10 Å². The number of sulfone groups is 1. The molecule has 2 heterocycles. The lowest BCUT2D eigenvalue weighted by Gasteiger charge is -2.14. The standard InChI is InChI=1S/C17H23N3O3S/c21-17(9-12-3-1-2-4-12)18-16-10-15(13-5-6-13)19-20(16)14-7-8-24(22,23)11-14/h1,3,10,12-14H,2,4-9,11H2,(H,18,21). The summed E-state index contributed by atoms with van der Waals surface area (Å²) in [5.41, 5.74) is 0.982. The number of amides is 1. The molecule has 0 bridgehead atoms. The first-order chi connectivity index (χ1) is 11.5. The van der Waals surface area contributed by atoms with Crippen LogP contribution in [0.5, 0.6) is 0 Å². The molecule has 2 fully saturated rings. The summed E-state index contributed by atoms with van der Waals surface area (Å²) >= 11 is 0. The van der Waals surface area contributed by atoms with Crippen molar-refractivity contribution in [2.24, 2.45) is 5.92 Å². The molecule has 1 saturated heterocycles. The molecule has 4 rings (SSSR count). The zero-order chi connectivity index (χ0) is 16.7. The third-order valence-electron chi connectivity index (χ3n) is 5.13. The molecule has 1 saturated carbocycles. The van der Waals surface area contributed by atoms with Crippen LogP contribution in [0.15, 0.2) is 18.2 Å². The summed E-state index contributed by atoms with van der Waals surface area (Å²) in [6.07, 6.45) is 9.60. The molecule has 1 aliphatic heterocycles. The molecule has 1 aromatic rings. The smallest absolute Gasteiger partial charge is 0.226 e. The van der Waals surface area contributed by atoms with E-state index in [0.717, 1.165) is 31.4 Å². The lowest BCUT2D eigenvalue weighted by molar-refractivity contribution is -0.116. The van der Waals surface area contributed by atoms with Gasteiger partial charge in [-0.25, -0.2) is 13.1 Å². The summed E-state index contributed by atoms with van der Waals surface area (Å²) in [5.74, 6) is 1.75. The topological polar surface area (TPSA) is 81.1 Å². The highest BCUT2D eigenvalue weighted by Crippen LogP contribution is 2.41. The van der Waals surface area contributed by atoms with Gasteiger partial charge in [0.2, 0.25) is 5.91 Å². The van der Waals surface area contributed by atoms with Crippen LogP contribution in [0.25, 0.3) is 0 Å². The van der Waals surface area contributed by atoms with Crippen LogP contribution >= 0.6 is 0 Å². The van der Waals surface area contributed by atoms with E-state index in [1.807, 2.05) is 6.07 Å². The number of allylic oxidation sites excluding steroid dienone is 2. The maximum atomic E-state index is 12.4. The zero-order valence-electron chi connectivity index (χ0n) is 13.6. The molecule has 1 aromatic heterocycles. The Labute approximate surface area is 142 Å². The Balaban J connectivity index is 1.52. The molecule has 3 aliphatic rings. The monoisotopic (exact) mass is 349 g/mol. The lowest BCUT2D eigenvalue weighted by atomic mass is 10.1. The number of nitrogens with zero attached hydrogens (tertiary/aromatic N) is 2. The van der Waals surface area contributed by atoms with Crippen LogP contribution < -0.4 is 5.32 Å². The molecule has 0 radical (unpaired) electrons. The van der Waals surface area contributed by atoms with E-state index in [1.54, 1.807) is 4.68 Å². The lowest BCUT2D eigenvalue weighted by Crippen LogP contribution is -2.20. The number of anilines is 1. The largest absolute Gasteiger partial charge is 0.311 e. The van der Waals surface area contributed by atoms with E-state index < -0.39 is 9.84 Å². The second-order valence-electron chi connectivity index (χ2n) is 7.25. The molecule has 130 valence electrons. The molecule has 2 atom stereocenters. The molecule has 1 N–H and O–H groups in total. The second-order valence-corrected chi connectivity index (χ2v) is 9.48. The number of rotatable bonds is 5. The summed E-state index contributed by atoms with van der Waals surface area (Å²) in [6.45, 7) is 0. The predicted octanol–water partition coefficient (Wildman–Crippen LogP) is 2.41. The number of carbonyl (C=O) groups is 1. The maximum absolute atomic E-state index is 12.4. The van der Waals surface area contributed by atoms with Gasteiger partial charge in [0.05, 0.1) is 23.2 Å². The molecule has 7 heteroatoms. The highest BCUT2D eigenvalue weighted by molar-refractivity contribution is 7.91. The fourth-order valence-corrected chi connectivity index (χ4v) is 5.32. The van der Waals surface area contributed by atoms with Gasteiger partial charge in [-0.1, -0.05) is 12.2 Å². The molecule has 0 aromatic carbocycles. The second kappa shape index (κ2) is 6.02. The zero-order valence-corrected chi connectivity index (χ0v) is 14.5. The molecule has 24 heavy (non-hydrogen) atoms. The number of hydrogen-bond acceptors (Lipinski definition) is 4. The van der Waals surface area contributed by atoms with Crippen LogP contribution in [0.4, 0.5) is 5.82 Å². The molecular formula is C17H23N3O3S. The first kappa shape index (κ1) is 15.9. The van der Waals surface area contributed by atoms with Crippen LogP contribution in [-0.4, -0.2) is 35.6 Å². The fourth-order valence-electron chi connectivity index (χ4n) is 3.63. The first-order valence-corrected chi connectivity index (χ1v) is 10.6. The minimum Gasteiger partial charge on any atom is -0.311 e. The van der Waals surface area contributed by atoms with Crippen LogP contribution in [0.1, 0.15) is 56.2 Å². The van der Waals surface area contributed by atoms with E-state index in [4.69, 9.17) is 0 Å². The van der Waals surface area contributed by atoms with Crippen molar-refractivity contribution in [3.63, 3.8) is 0 Å². The van der Waals surface area contributed by atoms with Crippen molar-refractivity contribution in [3.8, 4) is 0 Å². The van der Waals surface area contributed by atoms with Crippen molar-refractivity contribution in [2.75, 3.05) is 16.8 Å². The quantitative estimate of drug-likeness (QED) is 0.828. The van der Waals surface area contributed by atoms with E-state index in [2.05, 4.69) is 22.6 Å². The van der Waals surface area contributed by atoms with Gasteiger partial charge in [-0.3, -0.25) is 4.79 Å². The maximum Gasteiger partial charge on any atom is 0.226 e. The molecule has 1 amide bonds. The van der Waals surface area contributed by atoms with E-state index in [0.29, 0.717) is 30.5 Å². The minimum atomic E-state index is -2.99. The highest BCUT2D eigenvalue weighted by atomic mass is 32.2. The molecular weight excluding hydrogens is 326 g/mol. The van der Waals surface area contributed by atoms with E-state index in [-0.39, 0.29) is 23.5 Å². The van der Waals surface area contributed by atoms with E-state index in [9.17, 15) is 13.2 Å². The highest BCUT2D eigenvalue weighted by Gasteiger charge is 2.34. The number of nitrogens with one attached hydrogen (secondary N) is 1. The van der Waals surface area contributed by atoms with Gasteiger partial charge in [0.1, 0.15) is 5.82 Å². The Hall–Kier alpha value is -1.63. The first-order valence-electron chi connectivity index (χ1n) is 8.76. The predicted molar refractivity (Wildman–Crippen MR) is 91.6 cm³/mol. The average molecular weight is 349 g/mol. The Bertz CT molecular complexity index is 777. The van der Waals surface area contributed by atoms with Crippen molar-refractivity contribution in [1.82, 2.24) is 9.78 Å². The van der Waals surface area contributed by atoms with E-state index in [1.165, 1.54) is 0 Å². The summed E-state index contributed by atoms with van der Waals surface area (Å²) in [4.78, 5) is 12.4. The molecule has 0 spiro atoms. The molecule has 2 aliphatic carbocycles. The van der Waals surface area contributed by atoms with Gasteiger partial charge in [0.25, 0.3) is 0 Å². The summed E-state index contributed by atoms with van der Waals surface area (Å²) < 4.78 is 25.3. The average Bonchev–Trinajstić information content (AvgIpc) is 2.91. The number of carbonyl (C=O) groups excluding carboxylic acids is 1. The third-order valence-corrected chi connectivity index (χ3v) is 6.88. The van der Waals surface area contributed by atoms with Gasteiger partial charge in [-0.15, -0.1) is 0 Å². The van der Waals surface area contributed by atoms with Crippen molar-refractivity contribution >= 4 is 21.6 Å². The van der Waals surface area contributed by atoms with Crippen LogP contribution in [0.3, 0.4) is 0 Å². The van der Waals surface area contributed by atoms with Crippen LogP contribution in [0, 0.1) is 5.92 Å². The van der Waals surface area contributed by atoms with Gasteiger partial charge in [0.15, 0.2) is 9.84 Å². The van der Waals surface area contributed by atoms with E-state index >= 15 is 0 Å². The number of aromatic nitrogens is 2. The van der Waals surface area contributed by atoms with Gasteiger partial charge >= 0.3 is 0 Å². The third kappa shape index (κ3) is 3.41. The summed E-state index contributed by atoms with van der Waals surface area (Å²) in [7, 11) is -2.99. The minimum absolute atomic E-state index is 0.0177.